The molecule has 0 aliphatic carbocycles. The first kappa shape index (κ1) is 13.4. The molecule has 94 valence electrons. The molecule has 4 heteroatoms. The summed E-state index contributed by atoms with van der Waals surface area (Å²) in [6, 6.07) is 5.04. The maximum Gasteiger partial charge on any atom is 0.124 e. The van der Waals surface area contributed by atoms with Gasteiger partial charge < -0.3 is 5.32 Å². The zero-order valence-corrected chi connectivity index (χ0v) is 12.1. The predicted octanol–water partition coefficient (Wildman–Crippen LogP) is 3.82. The van der Waals surface area contributed by atoms with Crippen LogP contribution in [0.4, 0.5) is 4.39 Å². The van der Waals surface area contributed by atoms with Gasteiger partial charge in [0, 0.05) is 11.0 Å². The Morgan fingerprint density at radius 1 is 1.29 bits per heavy atom. The molecule has 0 spiro atoms. The van der Waals surface area contributed by atoms with Crippen molar-refractivity contribution in [2.24, 2.45) is 5.92 Å². The first-order valence-electron chi connectivity index (χ1n) is 5.97. The molecule has 1 aromatic rings. The maximum atomic E-state index is 13.1. The van der Waals surface area contributed by atoms with Crippen LogP contribution in [0.1, 0.15) is 18.4 Å². The molecule has 0 atom stereocenters. The highest BCUT2D eigenvalue weighted by atomic mass is 79.9. The minimum Gasteiger partial charge on any atom is -0.312 e. The molecule has 0 radical (unpaired) electrons. The quantitative estimate of drug-likeness (QED) is 0.906. The van der Waals surface area contributed by atoms with E-state index < -0.39 is 0 Å². The van der Waals surface area contributed by atoms with E-state index in [4.69, 9.17) is 0 Å². The van der Waals surface area contributed by atoms with E-state index >= 15 is 0 Å². The summed E-state index contributed by atoms with van der Waals surface area (Å²) in [4.78, 5) is 0. The Kier molecular flexibility index (Phi) is 5.32. The largest absolute Gasteiger partial charge is 0.312 e. The minimum absolute atomic E-state index is 0.176. The van der Waals surface area contributed by atoms with Gasteiger partial charge in [-0.2, -0.15) is 11.8 Å². The van der Waals surface area contributed by atoms with Gasteiger partial charge in [-0.3, -0.25) is 0 Å². The molecule has 1 heterocycles. The molecule has 0 unspecified atom stereocenters. The smallest absolute Gasteiger partial charge is 0.124 e. The molecule has 0 bridgehead atoms. The van der Waals surface area contributed by atoms with Crippen LogP contribution in [-0.4, -0.2) is 18.1 Å². The topological polar surface area (TPSA) is 12.0 Å². The van der Waals surface area contributed by atoms with Gasteiger partial charge in [-0.15, -0.1) is 0 Å². The van der Waals surface area contributed by atoms with E-state index in [2.05, 4.69) is 21.2 Å². The van der Waals surface area contributed by atoms with Crippen LogP contribution in [0.15, 0.2) is 22.7 Å². The van der Waals surface area contributed by atoms with E-state index in [1.54, 1.807) is 6.07 Å². The molecule has 0 amide bonds. The van der Waals surface area contributed by atoms with Crippen LogP contribution in [0.3, 0.4) is 0 Å². The lowest BCUT2D eigenvalue weighted by Gasteiger charge is -2.21. The maximum absolute atomic E-state index is 13.1. The Hall–Kier alpha value is -0.0600. The van der Waals surface area contributed by atoms with Gasteiger partial charge in [0.25, 0.3) is 0 Å². The molecule has 1 N–H and O–H groups in total. The number of hydrogen-bond acceptors (Lipinski definition) is 2. The highest BCUT2D eigenvalue weighted by molar-refractivity contribution is 9.10. The van der Waals surface area contributed by atoms with E-state index in [-0.39, 0.29) is 5.82 Å². The monoisotopic (exact) mass is 317 g/mol. The second-order valence-corrected chi connectivity index (χ2v) is 6.60. The van der Waals surface area contributed by atoms with Crippen LogP contribution in [0.25, 0.3) is 0 Å². The van der Waals surface area contributed by atoms with Crippen LogP contribution >= 0.6 is 27.7 Å². The van der Waals surface area contributed by atoms with Crippen molar-refractivity contribution in [2.75, 3.05) is 18.1 Å². The number of thioether (sulfide) groups is 1. The molecule has 1 aromatic carbocycles. The molecule has 0 aromatic heterocycles. The van der Waals surface area contributed by atoms with Gasteiger partial charge in [-0.25, -0.2) is 4.39 Å². The summed E-state index contributed by atoms with van der Waals surface area (Å²) < 4.78 is 14.0. The van der Waals surface area contributed by atoms with Crippen LogP contribution < -0.4 is 5.32 Å². The second kappa shape index (κ2) is 6.76. The Morgan fingerprint density at radius 2 is 2.06 bits per heavy atom. The zero-order chi connectivity index (χ0) is 12.1. The number of rotatable bonds is 4. The van der Waals surface area contributed by atoms with Crippen molar-refractivity contribution in [3.8, 4) is 0 Å². The Bertz CT molecular complexity index is 346. The average molecular weight is 318 g/mol. The first-order valence-corrected chi connectivity index (χ1v) is 7.92. The highest BCUT2D eigenvalue weighted by Crippen LogP contribution is 2.22. The van der Waals surface area contributed by atoms with E-state index in [1.165, 1.54) is 30.4 Å². The highest BCUT2D eigenvalue weighted by Gasteiger charge is 2.12. The molecule has 1 aliphatic rings. The summed E-state index contributed by atoms with van der Waals surface area (Å²) in [7, 11) is 0. The fraction of sp³-hybridized carbons (Fsp3) is 0.538. The van der Waals surface area contributed by atoms with Gasteiger partial charge in [0.1, 0.15) is 5.82 Å². The zero-order valence-electron chi connectivity index (χ0n) is 9.72. The number of benzene rings is 1. The van der Waals surface area contributed by atoms with E-state index in [0.717, 1.165) is 29.0 Å². The van der Waals surface area contributed by atoms with Crippen molar-refractivity contribution in [2.45, 2.75) is 19.4 Å². The third-order valence-corrected chi connectivity index (χ3v) is 4.53. The summed E-state index contributed by atoms with van der Waals surface area (Å²) >= 11 is 5.36. The molecule has 0 saturated carbocycles. The van der Waals surface area contributed by atoms with E-state index in [0.29, 0.717) is 0 Å². The fourth-order valence-electron chi connectivity index (χ4n) is 2.08. The summed E-state index contributed by atoms with van der Waals surface area (Å²) in [6.07, 6.45) is 2.62. The predicted molar refractivity (Wildman–Crippen MR) is 75.9 cm³/mol. The van der Waals surface area contributed by atoms with Gasteiger partial charge in [0.05, 0.1) is 0 Å². The molecule has 1 fully saturated rings. The van der Waals surface area contributed by atoms with Crippen molar-refractivity contribution in [3.63, 3.8) is 0 Å². The third-order valence-electron chi connectivity index (χ3n) is 3.03. The minimum atomic E-state index is -0.176. The van der Waals surface area contributed by atoms with Crippen LogP contribution in [-0.2, 0) is 6.54 Å². The second-order valence-electron chi connectivity index (χ2n) is 4.46. The number of hydrogen-bond donors (Lipinski definition) is 1. The molecule has 1 aliphatic heterocycles. The first-order chi connectivity index (χ1) is 8.24. The van der Waals surface area contributed by atoms with Crippen LogP contribution in [0.2, 0.25) is 0 Å². The number of nitrogens with one attached hydrogen (secondary N) is 1. The van der Waals surface area contributed by atoms with Crippen molar-refractivity contribution >= 4 is 27.7 Å². The number of halogens is 2. The van der Waals surface area contributed by atoms with Gasteiger partial charge in [-0.05, 0) is 60.6 Å². The lowest BCUT2D eigenvalue weighted by molar-refractivity contribution is 0.447. The van der Waals surface area contributed by atoms with Crippen molar-refractivity contribution in [1.82, 2.24) is 5.32 Å². The van der Waals surface area contributed by atoms with E-state index in [9.17, 15) is 4.39 Å². The standard InChI is InChI=1S/C13H17BrFNS/c14-12-5-11(6-13(15)7-12)9-16-8-10-1-3-17-4-2-10/h5-7,10,16H,1-4,8-9H2. The molecule has 1 saturated heterocycles. The molecule has 17 heavy (non-hydrogen) atoms. The van der Waals surface area contributed by atoms with Crippen molar-refractivity contribution < 1.29 is 4.39 Å². The fourth-order valence-corrected chi connectivity index (χ4v) is 3.80. The normalized spacial score (nSPS) is 17.3. The SMILES string of the molecule is Fc1cc(Br)cc(CNCC2CCSCC2)c1. The van der Waals surface area contributed by atoms with Crippen LogP contribution in [0.5, 0.6) is 0 Å². The molecular formula is C13H17BrFNS. The Balaban J connectivity index is 1.77. The Labute approximate surface area is 115 Å². The third kappa shape index (κ3) is 4.60. The lowest BCUT2D eigenvalue weighted by atomic mass is 10.0. The van der Waals surface area contributed by atoms with Crippen molar-refractivity contribution in [1.29, 1.82) is 0 Å². The lowest BCUT2D eigenvalue weighted by Crippen LogP contribution is -2.25. The van der Waals surface area contributed by atoms with Gasteiger partial charge in [0.2, 0.25) is 0 Å². The molecule has 2 rings (SSSR count). The summed E-state index contributed by atoms with van der Waals surface area (Å²) in [5.74, 6) is 3.20. The van der Waals surface area contributed by atoms with Gasteiger partial charge in [-0.1, -0.05) is 15.9 Å². The van der Waals surface area contributed by atoms with Crippen LogP contribution in [0, 0.1) is 11.7 Å². The van der Waals surface area contributed by atoms with Gasteiger partial charge >= 0.3 is 0 Å². The van der Waals surface area contributed by atoms with Crippen molar-refractivity contribution in [3.05, 3.63) is 34.1 Å². The summed E-state index contributed by atoms with van der Waals surface area (Å²) in [5, 5.41) is 3.43. The van der Waals surface area contributed by atoms with Gasteiger partial charge in [0.15, 0.2) is 0 Å². The average Bonchev–Trinajstić information content (AvgIpc) is 2.29. The Morgan fingerprint density at radius 3 is 2.76 bits per heavy atom. The summed E-state index contributed by atoms with van der Waals surface area (Å²) in [6.45, 7) is 1.80. The molecule has 1 nitrogen and oxygen atoms in total. The van der Waals surface area contributed by atoms with E-state index in [1.807, 2.05) is 17.8 Å². The summed E-state index contributed by atoms with van der Waals surface area (Å²) in [5.41, 5.74) is 1.00. The molecular weight excluding hydrogens is 301 g/mol.